The Bertz CT molecular complexity index is 1390. The van der Waals surface area contributed by atoms with Gasteiger partial charge in [-0.2, -0.15) is 5.10 Å². The number of hydrogen-bond acceptors (Lipinski definition) is 10. The van der Waals surface area contributed by atoms with Crippen molar-refractivity contribution in [2.75, 3.05) is 24.6 Å². The van der Waals surface area contributed by atoms with Crippen LogP contribution in [0.25, 0.3) is 27.7 Å². The van der Waals surface area contributed by atoms with Crippen molar-refractivity contribution in [3.05, 3.63) is 36.8 Å². The predicted octanol–water partition coefficient (Wildman–Crippen LogP) is 3.07. The minimum absolute atomic E-state index is 0.401. The number of aromatic amines is 1. The lowest BCUT2D eigenvalue weighted by Crippen LogP contribution is -2.54. The molecule has 1 saturated heterocycles. The van der Waals surface area contributed by atoms with E-state index in [0.29, 0.717) is 37.5 Å². The second-order valence-electron chi connectivity index (χ2n) is 9.95. The molecule has 0 aromatic carbocycles. The van der Waals surface area contributed by atoms with Gasteiger partial charge in [-0.25, -0.2) is 14.3 Å². The first-order valence-corrected chi connectivity index (χ1v) is 12.2. The quantitative estimate of drug-likeness (QED) is 0.262. The van der Waals surface area contributed by atoms with Crippen molar-refractivity contribution >= 4 is 28.5 Å². The van der Waals surface area contributed by atoms with Gasteiger partial charge in [0.1, 0.15) is 17.2 Å². The average molecular weight is 510 g/mol. The molecule has 0 bridgehead atoms. The molecule has 0 spiro atoms. The lowest BCUT2D eigenvalue weighted by molar-refractivity contribution is -0.0543. The number of nitrogens with one attached hydrogen (secondary N) is 2. The summed E-state index contributed by atoms with van der Waals surface area (Å²) in [6.45, 7) is 8.75. The molecule has 4 aromatic heterocycles. The van der Waals surface area contributed by atoms with Gasteiger partial charge in [-0.1, -0.05) is 0 Å². The average Bonchev–Trinajstić information content (AvgIpc) is 3.44. The largest absolute Gasteiger partial charge is 0.528 e. The van der Waals surface area contributed by atoms with Crippen LogP contribution in [0.1, 0.15) is 34.1 Å². The lowest BCUT2D eigenvalue weighted by atomic mass is 10.0. The summed E-state index contributed by atoms with van der Waals surface area (Å²) in [6, 6.07) is 5.42. The third kappa shape index (κ3) is 5.30. The number of H-pyrrole nitrogens is 1. The van der Waals surface area contributed by atoms with E-state index in [4.69, 9.17) is 19.3 Å². The highest BCUT2D eigenvalue weighted by Gasteiger charge is 2.30. The van der Waals surface area contributed by atoms with Crippen LogP contribution in [0.15, 0.2) is 36.8 Å². The molecule has 0 aliphatic carbocycles. The highest BCUT2D eigenvalue weighted by atomic mass is 16.8. The van der Waals surface area contributed by atoms with Gasteiger partial charge in [-0.15, -0.1) is 10.6 Å². The number of carbonyl (C=O) groups is 1. The molecule has 1 aliphatic heterocycles. The van der Waals surface area contributed by atoms with Gasteiger partial charge in [0.15, 0.2) is 5.65 Å². The number of rotatable bonds is 6. The van der Waals surface area contributed by atoms with E-state index in [0.717, 1.165) is 27.8 Å². The zero-order valence-electron chi connectivity index (χ0n) is 21.3. The highest BCUT2D eigenvalue weighted by molar-refractivity contribution is 6.00. The Kier molecular flexibility index (Phi) is 6.61. The molecule has 5 heterocycles. The minimum atomic E-state index is -0.841. The van der Waals surface area contributed by atoms with Gasteiger partial charge in [0.25, 0.3) is 0 Å². The molecule has 12 nitrogen and oxygen atoms in total. The molecule has 4 aromatic rings. The standard InChI is InChI=1S/C25H31N7O5/c1-5-35-16-10-17(22-18-12-27-28-23(18)29-32(22)13-16)15-6-7-21(26-11-15)31-9-8-20(33)19(14-31)30-37-24(34)36-25(2,3)4/h6-7,10-13,19-20,30,33H,5,8-9,14H2,1-4H3,(H,28,29)/t19-,20+/m0/s1. The number of aliphatic hydroxyl groups is 1. The SMILES string of the molecule is CCOc1cc(-c2ccc(N3CC[C@@H](O)[C@@H](NOC(=O)OC(C)(C)C)C3)nc2)c2c3cn[nH]c3nn2c1. The van der Waals surface area contributed by atoms with Crippen molar-refractivity contribution in [1.82, 2.24) is 30.3 Å². The van der Waals surface area contributed by atoms with Gasteiger partial charge in [-0.05, 0) is 52.3 Å². The Morgan fingerprint density at radius 3 is 2.86 bits per heavy atom. The third-order valence-electron chi connectivity index (χ3n) is 6.06. The van der Waals surface area contributed by atoms with Crippen molar-refractivity contribution in [1.29, 1.82) is 0 Å². The van der Waals surface area contributed by atoms with Crippen LogP contribution in [0.4, 0.5) is 10.6 Å². The van der Waals surface area contributed by atoms with E-state index in [1.807, 2.05) is 42.4 Å². The van der Waals surface area contributed by atoms with E-state index in [1.165, 1.54) is 0 Å². The van der Waals surface area contributed by atoms with E-state index >= 15 is 0 Å². The van der Waals surface area contributed by atoms with Gasteiger partial charge in [0.2, 0.25) is 0 Å². The number of hydroxylamine groups is 1. The molecule has 0 radical (unpaired) electrons. The number of nitrogens with zero attached hydrogens (tertiary/aromatic N) is 5. The van der Waals surface area contributed by atoms with Crippen LogP contribution in [-0.2, 0) is 9.57 Å². The van der Waals surface area contributed by atoms with Crippen LogP contribution in [0.5, 0.6) is 5.75 Å². The van der Waals surface area contributed by atoms with Crippen LogP contribution in [-0.4, -0.2) is 73.5 Å². The normalized spacial score (nSPS) is 18.4. The molecule has 1 aliphatic rings. The number of pyridine rings is 2. The third-order valence-corrected chi connectivity index (χ3v) is 6.06. The van der Waals surface area contributed by atoms with E-state index in [2.05, 4.69) is 20.8 Å². The molecule has 0 unspecified atom stereocenters. The zero-order valence-corrected chi connectivity index (χ0v) is 21.3. The fourth-order valence-electron chi connectivity index (χ4n) is 4.40. The summed E-state index contributed by atoms with van der Waals surface area (Å²) in [7, 11) is 0. The number of ether oxygens (including phenoxy) is 2. The van der Waals surface area contributed by atoms with Crippen LogP contribution in [0.2, 0.25) is 0 Å². The molecule has 12 heteroatoms. The first-order valence-electron chi connectivity index (χ1n) is 12.2. The Morgan fingerprint density at radius 2 is 2.14 bits per heavy atom. The summed E-state index contributed by atoms with van der Waals surface area (Å²) >= 11 is 0. The van der Waals surface area contributed by atoms with Gasteiger partial charge >= 0.3 is 6.16 Å². The molecular formula is C25H31N7O5. The number of hydrogen-bond donors (Lipinski definition) is 3. The van der Waals surface area contributed by atoms with Crippen LogP contribution in [0, 0.1) is 0 Å². The zero-order chi connectivity index (χ0) is 26.2. The summed E-state index contributed by atoms with van der Waals surface area (Å²) in [5.41, 5.74) is 5.41. The second-order valence-corrected chi connectivity index (χ2v) is 9.95. The molecule has 37 heavy (non-hydrogen) atoms. The maximum absolute atomic E-state index is 11.9. The summed E-state index contributed by atoms with van der Waals surface area (Å²) < 4.78 is 12.7. The van der Waals surface area contributed by atoms with Crippen LogP contribution in [0.3, 0.4) is 0 Å². The Morgan fingerprint density at radius 1 is 1.30 bits per heavy atom. The molecule has 3 N–H and O–H groups in total. The highest BCUT2D eigenvalue weighted by Crippen LogP contribution is 2.33. The molecule has 1 fully saturated rings. The Hall–Kier alpha value is -3.90. The second kappa shape index (κ2) is 9.87. The number of fused-ring (bicyclic) bond motifs is 3. The molecule has 0 saturated carbocycles. The predicted molar refractivity (Wildman–Crippen MR) is 136 cm³/mol. The number of piperidine rings is 1. The van der Waals surface area contributed by atoms with Crippen LogP contribution >= 0.6 is 0 Å². The molecule has 0 amide bonds. The fourth-order valence-corrected chi connectivity index (χ4v) is 4.40. The summed E-state index contributed by atoms with van der Waals surface area (Å²) in [5.74, 6) is 1.45. The maximum atomic E-state index is 11.9. The van der Waals surface area contributed by atoms with Gasteiger partial charge < -0.3 is 24.3 Å². The van der Waals surface area contributed by atoms with E-state index in [9.17, 15) is 9.90 Å². The molecule has 5 rings (SSSR count). The lowest BCUT2D eigenvalue weighted by Gasteiger charge is -2.36. The van der Waals surface area contributed by atoms with E-state index in [-0.39, 0.29) is 0 Å². The van der Waals surface area contributed by atoms with Gasteiger partial charge in [0, 0.05) is 30.4 Å². The van der Waals surface area contributed by atoms with Crippen molar-refractivity contribution in [2.24, 2.45) is 0 Å². The number of aliphatic hydroxyl groups excluding tert-OH is 1. The minimum Gasteiger partial charge on any atom is -0.492 e. The molecule has 196 valence electrons. The first-order chi connectivity index (χ1) is 17.7. The number of anilines is 1. The van der Waals surface area contributed by atoms with Crippen molar-refractivity contribution < 1.29 is 24.2 Å². The van der Waals surface area contributed by atoms with Crippen molar-refractivity contribution in [2.45, 2.75) is 51.9 Å². The van der Waals surface area contributed by atoms with Crippen LogP contribution < -0.4 is 15.1 Å². The first kappa shape index (κ1) is 24.8. The molecular weight excluding hydrogens is 478 g/mol. The smallest absolute Gasteiger partial charge is 0.492 e. The number of aromatic nitrogens is 5. The Balaban J connectivity index is 1.35. The molecule has 2 atom stereocenters. The Labute approximate surface area is 213 Å². The summed E-state index contributed by atoms with van der Waals surface area (Å²) in [4.78, 5) is 23.7. The van der Waals surface area contributed by atoms with Gasteiger partial charge in [-0.3, -0.25) is 5.10 Å². The number of carbonyl (C=O) groups excluding carboxylic acids is 1. The maximum Gasteiger partial charge on any atom is 0.528 e. The summed E-state index contributed by atoms with van der Waals surface area (Å²) in [6.07, 6.45) is 4.39. The van der Waals surface area contributed by atoms with E-state index < -0.39 is 23.9 Å². The van der Waals surface area contributed by atoms with E-state index in [1.54, 1.807) is 31.5 Å². The fraction of sp³-hybridized carbons (Fsp3) is 0.440. The van der Waals surface area contributed by atoms with Gasteiger partial charge in [0.05, 0.1) is 42.0 Å². The van der Waals surface area contributed by atoms with Crippen molar-refractivity contribution in [3.63, 3.8) is 0 Å². The monoisotopic (exact) mass is 509 g/mol. The van der Waals surface area contributed by atoms with Crippen molar-refractivity contribution in [3.8, 4) is 16.9 Å². The topological polar surface area (TPSA) is 139 Å². The summed E-state index contributed by atoms with van der Waals surface area (Å²) in [5, 5.41) is 22.9.